The summed E-state index contributed by atoms with van der Waals surface area (Å²) < 4.78 is 28.0. The smallest absolute Gasteiger partial charge is 0.252 e. The van der Waals surface area contributed by atoms with Crippen molar-refractivity contribution < 1.29 is 8.42 Å². The Balaban J connectivity index is 3.12. The molecular formula is C15H28N2O2S2. The predicted octanol–water partition coefficient (Wildman–Crippen LogP) is 3.37. The summed E-state index contributed by atoms with van der Waals surface area (Å²) in [6, 6.07) is 1.85. The highest BCUT2D eigenvalue weighted by molar-refractivity contribution is 7.91. The van der Waals surface area contributed by atoms with Gasteiger partial charge in [0, 0.05) is 24.0 Å². The predicted molar refractivity (Wildman–Crippen MR) is 90.4 cm³/mol. The SMILES string of the molecule is CCCCN(C(C)CC)S(=O)(=O)c1cc(C)c(CNC)s1. The molecule has 0 aliphatic heterocycles. The standard InChI is InChI=1S/C15H28N2O2S2/c1-6-8-9-17(13(4)7-2)21(18,19)15-10-12(3)14(20-15)11-16-5/h10,13,16H,6-9,11H2,1-5H3. The second-order valence-electron chi connectivity index (χ2n) is 5.43. The summed E-state index contributed by atoms with van der Waals surface area (Å²) in [5.74, 6) is 0. The Morgan fingerprint density at radius 2 is 2.05 bits per heavy atom. The number of hydrogen-bond donors (Lipinski definition) is 1. The van der Waals surface area contributed by atoms with Crippen LogP contribution < -0.4 is 5.32 Å². The Kier molecular flexibility index (Phi) is 7.33. The minimum Gasteiger partial charge on any atom is -0.315 e. The lowest BCUT2D eigenvalue weighted by Crippen LogP contribution is -2.38. The van der Waals surface area contributed by atoms with Gasteiger partial charge in [0.1, 0.15) is 4.21 Å². The molecule has 0 amide bonds. The van der Waals surface area contributed by atoms with Gasteiger partial charge in [0.15, 0.2) is 0 Å². The van der Waals surface area contributed by atoms with Crippen molar-refractivity contribution in [2.75, 3.05) is 13.6 Å². The van der Waals surface area contributed by atoms with Crippen LogP contribution in [0.4, 0.5) is 0 Å². The van der Waals surface area contributed by atoms with Gasteiger partial charge in [0.25, 0.3) is 10.0 Å². The first-order chi connectivity index (χ1) is 9.88. The fourth-order valence-electron chi connectivity index (χ4n) is 2.16. The molecule has 0 saturated heterocycles. The van der Waals surface area contributed by atoms with Gasteiger partial charge in [0.2, 0.25) is 0 Å². The Hall–Kier alpha value is -0.430. The molecule has 0 saturated carbocycles. The van der Waals surface area contributed by atoms with Crippen molar-refractivity contribution in [3.05, 3.63) is 16.5 Å². The number of rotatable bonds is 9. The van der Waals surface area contributed by atoms with E-state index in [2.05, 4.69) is 12.2 Å². The first kappa shape index (κ1) is 18.6. The zero-order valence-corrected chi connectivity index (χ0v) is 15.4. The van der Waals surface area contributed by atoms with Crippen LogP contribution >= 0.6 is 11.3 Å². The average Bonchev–Trinajstić information content (AvgIpc) is 2.81. The third kappa shape index (κ3) is 4.52. The van der Waals surface area contributed by atoms with E-state index >= 15 is 0 Å². The largest absolute Gasteiger partial charge is 0.315 e. The van der Waals surface area contributed by atoms with Gasteiger partial charge in [-0.3, -0.25) is 0 Å². The second kappa shape index (κ2) is 8.27. The molecule has 6 heteroatoms. The van der Waals surface area contributed by atoms with E-state index in [1.54, 1.807) is 4.31 Å². The zero-order chi connectivity index (χ0) is 16.0. The first-order valence-corrected chi connectivity index (χ1v) is 9.89. The number of nitrogens with one attached hydrogen (secondary N) is 1. The maximum absolute atomic E-state index is 12.9. The van der Waals surface area contributed by atoms with Crippen LogP contribution in [0.25, 0.3) is 0 Å². The third-order valence-corrected chi connectivity index (χ3v) is 7.41. The van der Waals surface area contributed by atoms with Crippen molar-refractivity contribution >= 4 is 21.4 Å². The average molecular weight is 333 g/mol. The second-order valence-corrected chi connectivity index (χ2v) is 8.68. The lowest BCUT2D eigenvalue weighted by atomic mass is 10.2. The van der Waals surface area contributed by atoms with E-state index in [0.717, 1.165) is 29.7 Å². The number of sulfonamides is 1. The van der Waals surface area contributed by atoms with Gasteiger partial charge in [-0.15, -0.1) is 11.3 Å². The van der Waals surface area contributed by atoms with Gasteiger partial charge in [-0.05, 0) is 45.4 Å². The summed E-state index contributed by atoms with van der Waals surface area (Å²) in [7, 11) is -1.51. The summed E-state index contributed by atoms with van der Waals surface area (Å²) in [6.07, 6.45) is 2.73. The van der Waals surface area contributed by atoms with Gasteiger partial charge >= 0.3 is 0 Å². The van der Waals surface area contributed by atoms with E-state index in [-0.39, 0.29) is 6.04 Å². The van der Waals surface area contributed by atoms with Crippen LogP contribution in [-0.2, 0) is 16.6 Å². The topological polar surface area (TPSA) is 49.4 Å². The number of aryl methyl sites for hydroxylation is 1. The van der Waals surface area contributed by atoms with Crippen molar-refractivity contribution in [1.82, 2.24) is 9.62 Å². The van der Waals surface area contributed by atoms with Gasteiger partial charge < -0.3 is 5.32 Å². The molecule has 4 nitrogen and oxygen atoms in total. The van der Waals surface area contributed by atoms with Crippen LogP contribution in [0, 0.1) is 6.92 Å². The Bertz CT molecular complexity index is 538. The van der Waals surface area contributed by atoms with Gasteiger partial charge in [-0.25, -0.2) is 8.42 Å². The maximum Gasteiger partial charge on any atom is 0.252 e. The molecule has 1 heterocycles. The summed E-state index contributed by atoms with van der Waals surface area (Å²) in [4.78, 5) is 1.09. The monoisotopic (exact) mass is 332 g/mol. The molecule has 0 spiro atoms. The summed E-state index contributed by atoms with van der Waals surface area (Å²) in [5, 5.41) is 3.09. The van der Waals surface area contributed by atoms with E-state index in [4.69, 9.17) is 0 Å². The van der Waals surface area contributed by atoms with Gasteiger partial charge in [-0.1, -0.05) is 20.3 Å². The van der Waals surface area contributed by atoms with Crippen molar-refractivity contribution in [2.24, 2.45) is 0 Å². The molecule has 21 heavy (non-hydrogen) atoms. The highest BCUT2D eigenvalue weighted by Gasteiger charge is 2.29. The highest BCUT2D eigenvalue weighted by atomic mass is 32.2. The summed E-state index contributed by atoms with van der Waals surface area (Å²) in [6.45, 7) is 9.40. The molecule has 0 aliphatic rings. The van der Waals surface area contributed by atoms with E-state index in [0.29, 0.717) is 17.3 Å². The van der Waals surface area contributed by atoms with Crippen LogP contribution in [-0.4, -0.2) is 32.4 Å². The molecular weight excluding hydrogens is 304 g/mol. The Labute approximate surface area is 133 Å². The molecule has 0 bridgehead atoms. The minimum atomic E-state index is -3.38. The molecule has 1 aromatic heterocycles. The van der Waals surface area contributed by atoms with Crippen molar-refractivity contribution in [1.29, 1.82) is 0 Å². The fraction of sp³-hybridized carbons (Fsp3) is 0.733. The molecule has 0 fully saturated rings. The fourth-order valence-corrected chi connectivity index (χ4v) is 5.64. The van der Waals surface area contributed by atoms with Gasteiger partial charge in [-0.2, -0.15) is 4.31 Å². The molecule has 1 N–H and O–H groups in total. The molecule has 0 aromatic carbocycles. The number of thiophene rings is 1. The van der Waals surface area contributed by atoms with Crippen LogP contribution in [0.3, 0.4) is 0 Å². The first-order valence-electron chi connectivity index (χ1n) is 7.64. The Morgan fingerprint density at radius 3 is 2.57 bits per heavy atom. The van der Waals surface area contributed by atoms with Crippen molar-refractivity contribution in [3.63, 3.8) is 0 Å². The van der Waals surface area contributed by atoms with Gasteiger partial charge in [0.05, 0.1) is 0 Å². The molecule has 0 radical (unpaired) electrons. The molecule has 1 atom stereocenters. The highest BCUT2D eigenvalue weighted by Crippen LogP contribution is 2.30. The van der Waals surface area contributed by atoms with Crippen molar-refractivity contribution in [2.45, 2.75) is 63.8 Å². The molecule has 0 aliphatic carbocycles. The van der Waals surface area contributed by atoms with Crippen LogP contribution in [0.5, 0.6) is 0 Å². The molecule has 1 unspecified atom stereocenters. The lowest BCUT2D eigenvalue weighted by molar-refractivity contribution is 0.325. The zero-order valence-electron chi connectivity index (χ0n) is 13.8. The van der Waals surface area contributed by atoms with E-state index in [1.807, 2.05) is 33.9 Å². The van der Waals surface area contributed by atoms with Crippen LogP contribution in [0.15, 0.2) is 10.3 Å². The third-order valence-electron chi connectivity index (χ3n) is 3.71. The van der Waals surface area contributed by atoms with Crippen molar-refractivity contribution in [3.8, 4) is 0 Å². The number of hydrogen-bond acceptors (Lipinski definition) is 4. The lowest BCUT2D eigenvalue weighted by Gasteiger charge is -2.27. The molecule has 1 aromatic rings. The molecule has 1 rings (SSSR count). The number of nitrogens with zero attached hydrogens (tertiary/aromatic N) is 1. The molecule has 122 valence electrons. The Morgan fingerprint density at radius 1 is 1.38 bits per heavy atom. The summed E-state index contributed by atoms with van der Waals surface area (Å²) in [5.41, 5.74) is 1.05. The summed E-state index contributed by atoms with van der Waals surface area (Å²) >= 11 is 1.39. The van der Waals surface area contributed by atoms with E-state index in [9.17, 15) is 8.42 Å². The van der Waals surface area contributed by atoms with E-state index < -0.39 is 10.0 Å². The number of unbranched alkanes of at least 4 members (excludes halogenated alkanes) is 1. The minimum absolute atomic E-state index is 0.0386. The van der Waals surface area contributed by atoms with E-state index in [1.165, 1.54) is 11.3 Å². The van der Waals surface area contributed by atoms with Crippen LogP contribution in [0.2, 0.25) is 0 Å². The maximum atomic E-state index is 12.9. The quantitative estimate of drug-likeness (QED) is 0.754. The van der Waals surface area contributed by atoms with Crippen LogP contribution in [0.1, 0.15) is 50.5 Å². The normalized spacial score (nSPS) is 13.8.